The van der Waals surface area contributed by atoms with Gasteiger partial charge in [0.05, 0.1) is 6.04 Å². The lowest BCUT2D eigenvalue weighted by Crippen LogP contribution is -2.35. The van der Waals surface area contributed by atoms with Crippen molar-refractivity contribution in [3.8, 4) is 5.75 Å². The Morgan fingerprint density at radius 2 is 1.59 bits per heavy atom. The predicted octanol–water partition coefficient (Wildman–Crippen LogP) is 4.97. The molecule has 0 radical (unpaired) electrons. The zero-order valence-corrected chi connectivity index (χ0v) is 15.9. The number of rotatable bonds is 7. The fourth-order valence-corrected chi connectivity index (χ4v) is 2.76. The Morgan fingerprint density at radius 3 is 2.24 bits per heavy atom. The molecule has 0 spiro atoms. The number of carbonyl (C=O) groups excluding carboxylic acids is 2. The Balaban J connectivity index is 1.68. The van der Waals surface area contributed by atoms with Crippen LogP contribution in [-0.4, -0.2) is 18.4 Å². The lowest BCUT2D eigenvalue weighted by molar-refractivity contribution is 0.101. The highest BCUT2D eigenvalue weighted by Gasteiger charge is 2.16. The first-order valence-corrected chi connectivity index (χ1v) is 9.14. The number of ketones is 1. The van der Waals surface area contributed by atoms with Crippen molar-refractivity contribution in [1.29, 1.82) is 0 Å². The summed E-state index contributed by atoms with van der Waals surface area (Å²) in [5, 5.41) is 5.57. The number of hydrogen-bond acceptors (Lipinski definition) is 3. The van der Waals surface area contributed by atoms with Crippen molar-refractivity contribution in [2.24, 2.45) is 0 Å². The van der Waals surface area contributed by atoms with Crippen LogP contribution < -0.4 is 15.4 Å². The van der Waals surface area contributed by atoms with Gasteiger partial charge in [0.1, 0.15) is 6.61 Å². The monoisotopic (exact) mass is 392 g/mol. The summed E-state index contributed by atoms with van der Waals surface area (Å²) >= 11 is 0. The molecule has 3 aromatic rings. The van der Waals surface area contributed by atoms with Gasteiger partial charge in [0.15, 0.2) is 17.3 Å². The van der Waals surface area contributed by atoms with Crippen LogP contribution in [-0.2, 0) is 0 Å². The van der Waals surface area contributed by atoms with E-state index in [2.05, 4.69) is 10.6 Å². The second-order valence-electron chi connectivity index (χ2n) is 6.44. The third-order valence-electron chi connectivity index (χ3n) is 4.30. The summed E-state index contributed by atoms with van der Waals surface area (Å²) in [5.74, 6) is -0.389. The number of urea groups is 1. The van der Waals surface area contributed by atoms with Gasteiger partial charge in [-0.05, 0) is 48.9 Å². The third kappa shape index (κ3) is 5.65. The van der Waals surface area contributed by atoms with Crippen LogP contribution in [0.2, 0.25) is 0 Å². The smallest absolute Gasteiger partial charge is 0.319 e. The number of anilines is 1. The fraction of sp³-hybridized carbons (Fsp3) is 0.130. The number of nitrogens with one attached hydrogen (secondary N) is 2. The van der Waals surface area contributed by atoms with Gasteiger partial charge in [-0.2, -0.15) is 0 Å². The van der Waals surface area contributed by atoms with Crippen molar-refractivity contribution in [2.75, 3.05) is 11.9 Å². The van der Waals surface area contributed by atoms with E-state index in [-0.39, 0.29) is 18.1 Å². The van der Waals surface area contributed by atoms with Crippen molar-refractivity contribution in [2.45, 2.75) is 13.0 Å². The molecule has 2 N–H and O–H groups in total. The maximum absolute atomic E-state index is 13.8. The molecule has 3 rings (SSSR count). The molecule has 0 saturated heterocycles. The Hall–Kier alpha value is -3.67. The van der Waals surface area contributed by atoms with E-state index < -0.39 is 17.9 Å². The maximum Gasteiger partial charge on any atom is 0.319 e. The minimum atomic E-state index is -0.493. The van der Waals surface area contributed by atoms with Gasteiger partial charge in [-0.1, -0.05) is 42.5 Å². The van der Waals surface area contributed by atoms with Crippen LogP contribution >= 0.6 is 0 Å². The Labute approximate surface area is 168 Å². The zero-order chi connectivity index (χ0) is 20.6. The van der Waals surface area contributed by atoms with Gasteiger partial charge in [-0.3, -0.25) is 4.79 Å². The highest BCUT2D eigenvalue weighted by atomic mass is 19.1. The average molecular weight is 392 g/mol. The molecule has 0 aliphatic heterocycles. The van der Waals surface area contributed by atoms with Gasteiger partial charge in [0, 0.05) is 11.3 Å². The minimum Gasteiger partial charge on any atom is -0.488 e. The first kappa shape index (κ1) is 20.1. The van der Waals surface area contributed by atoms with Crippen LogP contribution in [0.15, 0.2) is 78.9 Å². The molecule has 1 atom stereocenters. The van der Waals surface area contributed by atoms with E-state index >= 15 is 0 Å². The van der Waals surface area contributed by atoms with Crippen molar-refractivity contribution < 1.29 is 18.7 Å². The molecule has 148 valence electrons. The molecule has 0 fully saturated rings. The van der Waals surface area contributed by atoms with Crippen molar-refractivity contribution >= 4 is 17.5 Å². The number of amides is 2. The van der Waals surface area contributed by atoms with Crippen LogP contribution in [0, 0.1) is 5.82 Å². The van der Waals surface area contributed by atoms with Crippen LogP contribution in [0.25, 0.3) is 0 Å². The number of ether oxygens (including phenoxy) is 1. The molecule has 0 aliphatic rings. The zero-order valence-electron chi connectivity index (χ0n) is 15.9. The number of halogens is 1. The molecule has 0 unspecified atom stereocenters. The standard InChI is InChI=1S/C23H21FN2O3/c1-16(27)17-11-13-19(14-12-17)25-23(28)26-21(18-7-3-2-4-8-18)15-29-22-10-6-5-9-20(22)24/h2-14,21H,15H2,1H3,(H2,25,26,28)/t21-/m0/s1. The van der Waals surface area contributed by atoms with Gasteiger partial charge in [-0.25, -0.2) is 9.18 Å². The molecule has 0 aliphatic carbocycles. The van der Waals surface area contributed by atoms with E-state index in [0.29, 0.717) is 11.3 Å². The number of para-hydroxylation sites is 1. The summed E-state index contributed by atoms with van der Waals surface area (Å²) in [6.45, 7) is 1.54. The molecule has 3 aromatic carbocycles. The molecule has 6 heteroatoms. The van der Waals surface area contributed by atoms with Crippen LogP contribution in [0.5, 0.6) is 5.75 Å². The second-order valence-corrected chi connectivity index (χ2v) is 6.44. The lowest BCUT2D eigenvalue weighted by atomic mass is 10.1. The minimum absolute atomic E-state index is 0.0459. The highest BCUT2D eigenvalue weighted by molar-refractivity contribution is 5.95. The number of hydrogen-bond donors (Lipinski definition) is 2. The summed E-state index contributed by atoms with van der Waals surface area (Å²) in [6.07, 6.45) is 0. The molecule has 29 heavy (non-hydrogen) atoms. The van der Waals surface area contributed by atoms with Crippen LogP contribution in [0.4, 0.5) is 14.9 Å². The lowest BCUT2D eigenvalue weighted by Gasteiger charge is -2.20. The SMILES string of the molecule is CC(=O)c1ccc(NC(=O)N[C@@H](COc2ccccc2F)c2ccccc2)cc1. The Bertz CT molecular complexity index is 975. The molecule has 0 heterocycles. The average Bonchev–Trinajstić information content (AvgIpc) is 2.73. The quantitative estimate of drug-likeness (QED) is 0.558. The van der Waals surface area contributed by atoms with Crippen LogP contribution in [0.3, 0.4) is 0 Å². The van der Waals surface area contributed by atoms with Crippen molar-refractivity contribution in [1.82, 2.24) is 5.32 Å². The predicted molar refractivity (Wildman–Crippen MR) is 110 cm³/mol. The van der Waals surface area contributed by atoms with Crippen LogP contribution in [0.1, 0.15) is 28.9 Å². The number of benzene rings is 3. The summed E-state index contributed by atoms with van der Waals surface area (Å²) in [6, 6.07) is 21.1. The first-order chi connectivity index (χ1) is 14.0. The molecule has 0 bridgehead atoms. The largest absolute Gasteiger partial charge is 0.488 e. The van der Waals surface area contributed by atoms with E-state index in [1.807, 2.05) is 30.3 Å². The van der Waals surface area contributed by atoms with E-state index in [4.69, 9.17) is 4.74 Å². The molecular weight excluding hydrogens is 371 g/mol. The second kappa shape index (κ2) is 9.50. The van der Waals surface area contributed by atoms with E-state index in [1.165, 1.54) is 19.1 Å². The van der Waals surface area contributed by atoms with Gasteiger partial charge in [0.2, 0.25) is 0 Å². The van der Waals surface area contributed by atoms with E-state index in [0.717, 1.165) is 5.56 Å². The maximum atomic E-state index is 13.8. The van der Waals surface area contributed by atoms with Crippen molar-refractivity contribution in [3.63, 3.8) is 0 Å². The fourth-order valence-electron chi connectivity index (χ4n) is 2.76. The number of Topliss-reactive ketones (excluding diaryl/α,β-unsaturated/α-hetero) is 1. The summed E-state index contributed by atoms with van der Waals surface area (Å²) in [7, 11) is 0. The topological polar surface area (TPSA) is 67.4 Å². The summed E-state index contributed by atoms with van der Waals surface area (Å²) < 4.78 is 19.4. The summed E-state index contributed by atoms with van der Waals surface area (Å²) in [5.41, 5.74) is 1.94. The van der Waals surface area contributed by atoms with Gasteiger partial charge in [0.25, 0.3) is 0 Å². The molecule has 2 amide bonds. The van der Waals surface area contributed by atoms with Crippen molar-refractivity contribution in [3.05, 3.63) is 95.8 Å². The first-order valence-electron chi connectivity index (χ1n) is 9.14. The summed E-state index contributed by atoms with van der Waals surface area (Å²) in [4.78, 5) is 23.8. The van der Waals surface area contributed by atoms with Gasteiger partial charge in [-0.15, -0.1) is 0 Å². The third-order valence-corrected chi connectivity index (χ3v) is 4.30. The van der Waals surface area contributed by atoms with Gasteiger partial charge >= 0.3 is 6.03 Å². The Kier molecular flexibility index (Phi) is 6.58. The Morgan fingerprint density at radius 1 is 0.931 bits per heavy atom. The molecule has 0 saturated carbocycles. The molecule has 0 aromatic heterocycles. The van der Waals surface area contributed by atoms with E-state index in [1.54, 1.807) is 36.4 Å². The van der Waals surface area contributed by atoms with Gasteiger partial charge < -0.3 is 15.4 Å². The normalized spacial score (nSPS) is 11.4. The number of carbonyl (C=O) groups is 2. The van der Waals surface area contributed by atoms with E-state index in [9.17, 15) is 14.0 Å². The molecule has 5 nitrogen and oxygen atoms in total. The molecular formula is C23H21FN2O3. The highest BCUT2D eigenvalue weighted by Crippen LogP contribution is 2.19.